The zero-order valence-electron chi connectivity index (χ0n) is 36.1. The number of nitrogens with two attached hydrogens (primary N) is 1. The molecule has 21 nitrogen and oxygen atoms in total. The Hall–Kier alpha value is -3.65. The molecule has 1 fully saturated rings. The van der Waals surface area contributed by atoms with Crippen molar-refractivity contribution in [2.75, 3.05) is 51.6 Å². The normalized spacial score (nSPS) is 19.6. The first-order valence-corrected chi connectivity index (χ1v) is 24.7. The van der Waals surface area contributed by atoms with Gasteiger partial charge in [0.05, 0.1) is 19.0 Å². The molecular formula is C38H61N8O13P3. The number of nitrogens with zero attached hydrogens (tertiary/aromatic N) is 6. The minimum atomic E-state index is -5.75. The predicted octanol–water partition coefficient (Wildman–Crippen LogP) is 5.91. The summed E-state index contributed by atoms with van der Waals surface area (Å²) in [6.07, 6.45) is -0.782. The molecule has 2 aromatic carbocycles. The molecule has 0 radical (unpaired) electrons. The van der Waals surface area contributed by atoms with Gasteiger partial charge in [-0.15, -0.1) is 0 Å². The van der Waals surface area contributed by atoms with E-state index in [-0.39, 0.29) is 35.8 Å². The number of anilines is 1. The molecule has 24 heteroatoms. The summed E-state index contributed by atoms with van der Waals surface area (Å²) in [4.78, 5) is 50.0. The largest absolute Gasteiger partial charge is 0.490 e. The maximum atomic E-state index is 13.7. The minimum Gasteiger partial charge on any atom is -0.460 e. The lowest BCUT2D eigenvalue weighted by Gasteiger charge is -2.24. The van der Waals surface area contributed by atoms with Crippen LogP contribution in [0.4, 0.5) is 5.82 Å². The minimum absolute atomic E-state index is 0.0967. The van der Waals surface area contributed by atoms with Crippen molar-refractivity contribution in [3.05, 3.63) is 78.9 Å². The highest BCUT2D eigenvalue weighted by Crippen LogP contribution is 2.67. The van der Waals surface area contributed by atoms with Gasteiger partial charge in [0.25, 0.3) is 0 Å². The molecule has 1 saturated heterocycles. The van der Waals surface area contributed by atoms with Crippen LogP contribution >= 0.6 is 23.4 Å². The molecule has 62 heavy (non-hydrogen) atoms. The average molecular weight is 931 g/mol. The number of aliphatic hydroxyl groups is 1. The monoisotopic (exact) mass is 930 g/mol. The summed E-state index contributed by atoms with van der Waals surface area (Å²) >= 11 is 0. The van der Waals surface area contributed by atoms with Crippen LogP contribution in [0.25, 0.3) is 11.2 Å². The standard InChI is InChI=1S/C26H31N6O13P3.2C6H15N/c1-17(26(34)40-13-18-8-4-2-5-9-18)31-46(35,43-19-10-6-3-7-11-19)44-48(38,39)45-47(36,37)41-14-20-12-21(33)25(42-20)32-16-30-22-23(27)28-15-29-24(22)32;2*1-4-7(5-2)6-3/h2-11,15-17,20-21,25,33H,12-14H2,1H3,(H,31,35)(H,36,37)(H,38,39)(H2,27,28,29);2*4-6H2,1-3H3/t17-,20-,21+,25+,46?;;/m0../s1. The quantitative estimate of drug-likeness (QED) is 0.0480. The van der Waals surface area contributed by atoms with Gasteiger partial charge in [0.15, 0.2) is 17.7 Å². The lowest BCUT2D eigenvalue weighted by atomic mass is 10.2. The number of benzene rings is 2. The van der Waals surface area contributed by atoms with Crippen molar-refractivity contribution in [3.63, 3.8) is 0 Å². The number of fused-ring (bicyclic) bond motifs is 1. The highest BCUT2D eigenvalue weighted by Gasteiger charge is 2.46. The zero-order valence-corrected chi connectivity index (χ0v) is 38.8. The second-order valence-electron chi connectivity index (χ2n) is 13.5. The average Bonchev–Trinajstić information content (AvgIpc) is 3.84. The second-order valence-corrected chi connectivity index (χ2v) is 18.4. The van der Waals surface area contributed by atoms with E-state index in [0.29, 0.717) is 5.56 Å². The second kappa shape index (κ2) is 25.6. The predicted molar refractivity (Wildman–Crippen MR) is 232 cm³/mol. The number of carbonyl (C=O) groups excluding carboxylic acids is 1. The molecule has 0 amide bonds. The van der Waals surface area contributed by atoms with Gasteiger partial charge in [-0.05, 0) is 63.9 Å². The number of phosphoric ester groups is 1. The molecule has 7 atom stereocenters. The number of rotatable bonds is 21. The lowest BCUT2D eigenvalue weighted by molar-refractivity contribution is -0.146. The molecule has 6 N–H and O–H groups in total. The Labute approximate surface area is 362 Å². The summed E-state index contributed by atoms with van der Waals surface area (Å²) in [5, 5.41) is 12.7. The van der Waals surface area contributed by atoms with E-state index in [4.69, 9.17) is 28.6 Å². The van der Waals surface area contributed by atoms with E-state index in [1.807, 2.05) is 0 Å². The first-order valence-electron chi connectivity index (χ1n) is 20.2. The van der Waals surface area contributed by atoms with Crippen molar-refractivity contribution in [1.29, 1.82) is 0 Å². The number of esters is 1. The van der Waals surface area contributed by atoms with E-state index in [1.54, 1.807) is 36.4 Å². The van der Waals surface area contributed by atoms with Crippen LogP contribution in [0.3, 0.4) is 0 Å². The summed E-state index contributed by atoms with van der Waals surface area (Å²) in [5.41, 5.74) is 6.98. The van der Waals surface area contributed by atoms with Gasteiger partial charge in [-0.25, -0.2) is 28.6 Å². The van der Waals surface area contributed by atoms with Crippen LogP contribution in [0, 0.1) is 0 Å². The molecule has 4 aromatic rings. The molecule has 0 aliphatic carbocycles. The van der Waals surface area contributed by atoms with Gasteiger partial charge >= 0.3 is 29.4 Å². The molecule has 3 heterocycles. The third kappa shape index (κ3) is 17.1. The first kappa shape index (κ1) is 52.7. The fourth-order valence-electron chi connectivity index (χ4n) is 5.80. The summed E-state index contributed by atoms with van der Waals surface area (Å²) in [5.74, 6) is -0.944. The molecule has 0 saturated carbocycles. The molecule has 5 rings (SSSR count). The van der Waals surface area contributed by atoms with Crippen molar-refractivity contribution in [2.24, 2.45) is 0 Å². The molecule has 3 unspecified atom stereocenters. The van der Waals surface area contributed by atoms with Gasteiger partial charge in [0.2, 0.25) is 0 Å². The molecule has 1 aliphatic heterocycles. The fourth-order valence-corrected chi connectivity index (χ4v) is 10.2. The molecule has 1 aliphatic rings. The van der Waals surface area contributed by atoms with Crippen LogP contribution in [-0.2, 0) is 47.7 Å². The maximum Gasteiger partial charge on any atom is 0.490 e. The third-order valence-corrected chi connectivity index (χ3v) is 14.2. The number of aromatic nitrogens is 4. The van der Waals surface area contributed by atoms with Crippen LogP contribution in [0.1, 0.15) is 66.7 Å². The van der Waals surface area contributed by atoms with E-state index in [9.17, 15) is 33.4 Å². The van der Waals surface area contributed by atoms with E-state index in [1.165, 1.54) is 87.7 Å². The molecular weight excluding hydrogens is 869 g/mol. The highest BCUT2D eigenvalue weighted by molar-refractivity contribution is 7.68. The fraction of sp³-hybridized carbons (Fsp3) is 0.526. The van der Waals surface area contributed by atoms with Gasteiger partial charge in [-0.2, -0.15) is 13.7 Å². The Kier molecular flexibility index (Phi) is 21.8. The van der Waals surface area contributed by atoms with Gasteiger partial charge in [-0.1, -0.05) is 90.1 Å². The molecule has 2 aromatic heterocycles. The van der Waals surface area contributed by atoms with Gasteiger partial charge in [0, 0.05) is 6.42 Å². The summed E-state index contributed by atoms with van der Waals surface area (Å²) in [6, 6.07) is 14.5. The SMILES string of the molecule is CCN(CC)CC.CCN(CC)CC.C[C@H](NP(=O)(Oc1ccccc1)OP(=O)(O)OP(=O)(O)OC[C@@H]1C[C@@H](O)[C@H](n2cnc3c(N)ncnc32)O1)C(=O)OCc1ccccc1. The smallest absolute Gasteiger partial charge is 0.460 e. The van der Waals surface area contributed by atoms with Crippen LogP contribution in [-0.4, -0.2) is 114 Å². The summed E-state index contributed by atoms with van der Waals surface area (Å²) in [7, 11) is -16.2. The van der Waals surface area contributed by atoms with E-state index in [0.717, 1.165) is 0 Å². The third-order valence-electron chi connectivity index (χ3n) is 9.25. The molecule has 0 spiro atoms. The Morgan fingerprint density at radius 2 is 1.44 bits per heavy atom. The number of para-hydroxylation sites is 1. The highest BCUT2D eigenvalue weighted by atomic mass is 31.3. The van der Waals surface area contributed by atoms with E-state index >= 15 is 0 Å². The van der Waals surface area contributed by atoms with Crippen molar-refractivity contribution >= 4 is 46.3 Å². The van der Waals surface area contributed by atoms with Crippen molar-refractivity contribution in [3.8, 4) is 5.75 Å². The number of imidazole rings is 1. The number of nitrogen functional groups attached to an aromatic ring is 1. The number of aliphatic hydroxyl groups excluding tert-OH is 1. The Balaban J connectivity index is 0.000000629. The van der Waals surface area contributed by atoms with Gasteiger partial charge in [0.1, 0.15) is 36.3 Å². The van der Waals surface area contributed by atoms with Crippen LogP contribution < -0.4 is 15.3 Å². The number of hydrogen-bond donors (Lipinski definition) is 5. The topological polar surface area (TPSA) is 272 Å². The number of carbonyl (C=O) groups is 1. The number of ether oxygens (including phenoxy) is 2. The summed E-state index contributed by atoms with van der Waals surface area (Å²) in [6.45, 7) is 20.6. The van der Waals surface area contributed by atoms with Crippen LogP contribution in [0.15, 0.2) is 73.3 Å². The van der Waals surface area contributed by atoms with Crippen molar-refractivity contribution < 1.29 is 60.5 Å². The Morgan fingerprint density at radius 3 is 1.98 bits per heavy atom. The van der Waals surface area contributed by atoms with E-state index < -0.39 is 60.4 Å². The Morgan fingerprint density at radius 1 is 0.871 bits per heavy atom. The first-order chi connectivity index (χ1) is 29.4. The Bertz CT molecular complexity index is 2060. The molecule has 346 valence electrons. The summed E-state index contributed by atoms with van der Waals surface area (Å²) < 4.78 is 70.8. The van der Waals surface area contributed by atoms with Gasteiger partial charge < -0.3 is 44.4 Å². The number of phosphoric acid groups is 2. The van der Waals surface area contributed by atoms with Crippen molar-refractivity contribution in [1.82, 2.24) is 34.4 Å². The number of nitrogens with one attached hydrogen (secondary N) is 1. The van der Waals surface area contributed by atoms with Crippen molar-refractivity contribution in [2.45, 2.75) is 86.0 Å². The zero-order chi connectivity index (χ0) is 45.9. The van der Waals surface area contributed by atoms with Crippen LogP contribution in [0.2, 0.25) is 0 Å². The van der Waals surface area contributed by atoms with Crippen LogP contribution in [0.5, 0.6) is 5.75 Å². The van der Waals surface area contributed by atoms with E-state index in [2.05, 4.69) is 75.7 Å². The number of hydrogen-bond acceptors (Lipinski definition) is 17. The maximum absolute atomic E-state index is 13.7. The van der Waals surface area contributed by atoms with Gasteiger partial charge in [-0.3, -0.25) is 13.9 Å². The lowest BCUT2D eigenvalue weighted by Crippen LogP contribution is -2.34. The molecule has 0 bridgehead atoms.